The van der Waals surface area contributed by atoms with Crippen molar-refractivity contribution in [3.63, 3.8) is 0 Å². The van der Waals surface area contributed by atoms with Crippen molar-refractivity contribution in [1.29, 1.82) is 0 Å². The highest BCUT2D eigenvalue weighted by Gasteiger charge is 2.51. The minimum atomic E-state index is 0.261. The molecule has 0 radical (unpaired) electrons. The third kappa shape index (κ3) is 2.99. The molecule has 0 amide bonds. The summed E-state index contributed by atoms with van der Waals surface area (Å²) in [7, 11) is 0. The first-order valence-corrected chi connectivity index (χ1v) is 12.1. The van der Waals surface area contributed by atoms with Gasteiger partial charge < -0.3 is 5.32 Å². The van der Waals surface area contributed by atoms with Gasteiger partial charge in [0.15, 0.2) is 0 Å². The maximum absolute atomic E-state index is 4.77. The molecule has 0 aliphatic heterocycles. The number of nitrogens with one attached hydrogen (secondary N) is 1. The van der Waals surface area contributed by atoms with Crippen LogP contribution < -0.4 is 5.32 Å². The molecule has 2 heterocycles. The van der Waals surface area contributed by atoms with Crippen LogP contribution in [0.3, 0.4) is 0 Å². The van der Waals surface area contributed by atoms with E-state index < -0.39 is 0 Å². The molecule has 7 rings (SSSR count). The third-order valence-corrected chi connectivity index (χ3v) is 8.57. The van der Waals surface area contributed by atoms with Crippen molar-refractivity contribution in [2.45, 2.75) is 63.8 Å². The Morgan fingerprint density at radius 1 is 0.966 bits per heavy atom. The molecule has 4 heteroatoms. The summed E-state index contributed by atoms with van der Waals surface area (Å²) in [6, 6.07) is 9.05. The van der Waals surface area contributed by atoms with Gasteiger partial charge in [-0.25, -0.2) is 9.97 Å². The number of hydrogen-bond donors (Lipinski definition) is 1. The minimum absolute atomic E-state index is 0.261. The monoisotopic (exact) mass is 403 g/mol. The summed E-state index contributed by atoms with van der Waals surface area (Å²) in [6.07, 6.45) is 10.1. The first kappa shape index (κ1) is 17.9. The van der Waals surface area contributed by atoms with Gasteiger partial charge in [-0.1, -0.05) is 38.1 Å². The Morgan fingerprint density at radius 3 is 2.24 bits per heavy atom. The fourth-order valence-corrected chi connectivity index (χ4v) is 7.66. The van der Waals surface area contributed by atoms with Gasteiger partial charge in [-0.2, -0.15) is 0 Å². The van der Waals surface area contributed by atoms with Crippen molar-refractivity contribution in [2.24, 2.45) is 17.8 Å². The lowest BCUT2D eigenvalue weighted by atomic mass is 9.53. The van der Waals surface area contributed by atoms with Crippen LogP contribution in [0.25, 0.3) is 21.3 Å². The zero-order chi connectivity index (χ0) is 19.6. The number of aromatic nitrogens is 2. The Kier molecular flexibility index (Phi) is 4.03. The van der Waals surface area contributed by atoms with Gasteiger partial charge in [0.1, 0.15) is 17.0 Å². The molecular weight excluding hydrogens is 374 g/mol. The molecule has 0 saturated heterocycles. The smallest absolute Gasteiger partial charge is 0.139 e. The molecule has 3 aromatic rings. The first-order chi connectivity index (χ1) is 14.1. The van der Waals surface area contributed by atoms with Crippen LogP contribution >= 0.6 is 11.3 Å². The number of rotatable bonds is 4. The van der Waals surface area contributed by atoms with Crippen LogP contribution in [0.2, 0.25) is 0 Å². The number of thiophene rings is 1. The summed E-state index contributed by atoms with van der Waals surface area (Å²) in [6.45, 7) is 4.49. The van der Waals surface area contributed by atoms with Crippen molar-refractivity contribution in [3.8, 4) is 11.1 Å². The molecule has 2 aromatic heterocycles. The van der Waals surface area contributed by atoms with E-state index in [1.54, 1.807) is 17.7 Å². The molecule has 1 N–H and O–H groups in total. The molecule has 1 aromatic carbocycles. The average molecular weight is 404 g/mol. The first-order valence-electron chi connectivity index (χ1n) is 11.2. The van der Waals surface area contributed by atoms with Gasteiger partial charge in [0.05, 0.1) is 5.39 Å². The number of anilines is 1. The Labute approximate surface area is 177 Å². The number of nitrogens with zero attached hydrogens (tertiary/aromatic N) is 2. The Hall–Kier alpha value is -1.94. The van der Waals surface area contributed by atoms with Gasteiger partial charge in [0, 0.05) is 16.5 Å². The highest BCUT2D eigenvalue weighted by Crippen LogP contribution is 2.57. The van der Waals surface area contributed by atoms with Crippen LogP contribution in [0.1, 0.15) is 63.9 Å². The number of fused-ring (bicyclic) bond motifs is 1. The Bertz CT molecular complexity index is 1010. The zero-order valence-electron chi connectivity index (χ0n) is 17.3. The average Bonchev–Trinajstić information content (AvgIpc) is 3.12. The largest absolute Gasteiger partial charge is 0.364 e. The van der Waals surface area contributed by atoms with Crippen molar-refractivity contribution in [2.75, 3.05) is 5.32 Å². The molecule has 4 saturated carbocycles. The molecule has 4 aliphatic rings. The number of benzene rings is 1. The molecule has 4 aliphatic carbocycles. The predicted octanol–water partition coefficient (Wildman–Crippen LogP) is 6.86. The summed E-state index contributed by atoms with van der Waals surface area (Å²) in [5.74, 6) is 4.39. The molecule has 0 unspecified atom stereocenters. The van der Waals surface area contributed by atoms with Gasteiger partial charge in [0.2, 0.25) is 0 Å². The SMILES string of the molecule is CC(C)c1ccc(-c2csc3ncnc(NC45CC6CC(CC(C6)C4)C5)c23)cc1. The maximum Gasteiger partial charge on any atom is 0.139 e. The topological polar surface area (TPSA) is 37.8 Å². The van der Waals surface area contributed by atoms with Crippen molar-refractivity contribution in [1.82, 2.24) is 9.97 Å². The van der Waals surface area contributed by atoms with Crippen LogP contribution in [0.5, 0.6) is 0 Å². The summed E-state index contributed by atoms with van der Waals surface area (Å²) in [4.78, 5) is 10.5. The highest BCUT2D eigenvalue weighted by atomic mass is 32.1. The van der Waals surface area contributed by atoms with E-state index in [4.69, 9.17) is 4.98 Å². The van der Waals surface area contributed by atoms with Gasteiger partial charge >= 0.3 is 0 Å². The van der Waals surface area contributed by atoms with Crippen LogP contribution in [0.15, 0.2) is 36.0 Å². The second kappa shape index (κ2) is 6.53. The van der Waals surface area contributed by atoms with Crippen molar-refractivity contribution >= 4 is 27.4 Å². The van der Waals surface area contributed by atoms with Gasteiger partial charge in [-0.05, 0) is 73.3 Å². The lowest BCUT2D eigenvalue weighted by molar-refractivity contribution is 0.0106. The van der Waals surface area contributed by atoms with E-state index in [2.05, 4.69) is 53.8 Å². The predicted molar refractivity (Wildman–Crippen MR) is 121 cm³/mol. The van der Waals surface area contributed by atoms with Crippen molar-refractivity contribution in [3.05, 3.63) is 41.5 Å². The maximum atomic E-state index is 4.77. The fraction of sp³-hybridized carbons (Fsp3) is 0.520. The van der Waals surface area contributed by atoms with E-state index in [9.17, 15) is 0 Å². The Morgan fingerprint density at radius 2 is 1.62 bits per heavy atom. The normalized spacial score (nSPS) is 30.4. The van der Waals surface area contributed by atoms with E-state index in [-0.39, 0.29) is 5.54 Å². The second-order valence-electron chi connectivity index (χ2n) is 10.2. The van der Waals surface area contributed by atoms with Crippen LogP contribution in [-0.4, -0.2) is 15.5 Å². The number of hydrogen-bond acceptors (Lipinski definition) is 4. The summed E-state index contributed by atoms with van der Waals surface area (Å²) in [5, 5.41) is 7.48. The lowest BCUT2D eigenvalue weighted by Gasteiger charge is -2.57. The van der Waals surface area contributed by atoms with Crippen LogP contribution in [-0.2, 0) is 0 Å². The molecule has 4 fully saturated rings. The highest BCUT2D eigenvalue weighted by molar-refractivity contribution is 7.17. The summed E-state index contributed by atoms with van der Waals surface area (Å²) >= 11 is 1.73. The van der Waals surface area contributed by atoms with Gasteiger partial charge in [0.25, 0.3) is 0 Å². The quantitative estimate of drug-likeness (QED) is 0.517. The molecule has 0 atom stereocenters. The summed E-state index contributed by atoms with van der Waals surface area (Å²) < 4.78 is 0. The van der Waals surface area contributed by atoms with E-state index in [0.29, 0.717) is 5.92 Å². The molecule has 150 valence electrons. The standard InChI is InChI=1S/C25H29N3S/c1-15(2)19-3-5-20(6-4-19)21-13-29-24-22(21)23(26-14-27-24)28-25-10-16-7-17(11-25)9-18(8-16)12-25/h3-6,13-18H,7-12H2,1-2H3,(H,26,27,28). The van der Waals surface area contributed by atoms with Gasteiger partial charge in [-0.3, -0.25) is 0 Å². The second-order valence-corrected chi connectivity index (χ2v) is 11.0. The van der Waals surface area contributed by atoms with E-state index in [1.807, 2.05) is 0 Å². The third-order valence-electron chi connectivity index (χ3n) is 7.68. The molecule has 3 nitrogen and oxygen atoms in total. The Balaban J connectivity index is 1.40. The summed E-state index contributed by atoms with van der Waals surface area (Å²) in [5.41, 5.74) is 4.19. The van der Waals surface area contributed by atoms with E-state index in [1.165, 1.54) is 60.6 Å². The molecule has 0 spiro atoms. The van der Waals surface area contributed by atoms with Gasteiger partial charge in [-0.15, -0.1) is 11.3 Å². The van der Waals surface area contributed by atoms with Crippen LogP contribution in [0, 0.1) is 17.8 Å². The molecule has 4 bridgehead atoms. The lowest BCUT2D eigenvalue weighted by Crippen LogP contribution is -2.54. The fourth-order valence-electron chi connectivity index (χ4n) is 6.74. The molecular formula is C25H29N3S. The van der Waals surface area contributed by atoms with E-state index in [0.717, 1.165) is 28.4 Å². The molecule has 29 heavy (non-hydrogen) atoms. The minimum Gasteiger partial charge on any atom is -0.364 e. The van der Waals surface area contributed by atoms with Crippen molar-refractivity contribution < 1.29 is 0 Å². The van der Waals surface area contributed by atoms with E-state index >= 15 is 0 Å². The van der Waals surface area contributed by atoms with Crippen LogP contribution in [0.4, 0.5) is 5.82 Å². The zero-order valence-corrected chi connectivity index (χ0v) is 18.1.